The standard InChI is InChI=1S/C17H25BrN2/c1-2-5-20-17(15-8-16(18)11-19-10-15)9-14-7-12-3-4-13(14)6-12/h8,10-14,17,20H,2-7,9H2,1H3. The van der Waals surface area contributed by atoms with Gasteiger partial charge >= 0.3 is 0 Å². The van der Waals surface area contributed by atoms with E-state index in [1.54, 1.807) is 0 Å². The lowest BCUT2D eigenvalue weighted by molar-refractivity contribution is 0.279. The molecule has 1 heterocycles. The van der Waals surface area contributed by atoms with E-state index in [2.05, 4.69) is 39.2 Å². The molecule has 1 aromatic rings. The second-order valence-electron chi connectivity index (χ2n) is 6.61. The van der Waals surface area contributed by atoms with Crippen molar-refractivity contribution in [3.8, 4) is 0 Å². The summed E-state index contributed by atoms with van der Waals surface area (Å²) in [6.07, 6.45) is 12.3. The van der Waals surface area contributed by atoms with E-state index in [1.807, 2.05) is 12.4 Å². The molecule has 0 aromatic carbocycles. The molecule has 1 N–H and O–H groups in total. The van der Waals surface area contributed by atoms with Gasteiger partial charge in [-0.25, -0.2) is 0 Å². The maximum atomic E-state index is 4.35. The Labute approximate surface area is 130 Å². The lowest BCUT2D eigenvalue weighted by Crippen LogP contribution is -2.26. The van der Waals surface area contributed by atoms with Crippen molar-refractivity contribution in [2.45, 2.75) is 51.5 Å². The van der Waals surface area contributed by atoms with Gasteiger partial charge in [-0.3, -0.25) is 4.98 Å². The SMILES string of the molecule is CCCNC(CC1CC2CCC1C2)c1cncc(Br)c1. The quantitative estimate of drug-likeness (QED) is 0.813. The first-order valence-electron chi connectivity index (χ1n) is 8.10. The molecule has 110 valence electrons. The van der Waals surface area contributed by atoms with Gasteiger partial charge in [0, 0.05) is 22.9 Å². The van der Waals surface area contributed by atoms with Crippen LogP contribution in [0.2, 0.25) is 0 Å². The summed E-state index contributed by atoms with van der Waals surface area (Å²) in [5, 5.41) is 3.74. The Balaban J connectivity index is 1.69. The molecule has 0 amide bonds. The Morgan fingerprint density at radius 1 is 1.35 bits per heavy atom. The number of nitrogens with zero attached hydrogens (tertiary/aromatic N) is 1. The van der Waals surface area contributed by atoms with Crippen LogP contribution in [0.5, 0.6) is 0 Å². The average molecular weight is 337 g/mol. The van der Waals surface area contributed by atoms with Crippen LogP contribution in [-0.2, 0) is 0 Å². The zero-order valence-electron chi connectivity index (χ0n) is 12.3. The molecular weight excluding hydrogens is 312 g/mol. The Morgan fingerprint density at radius 3 is 2.90 bits per heavy atom. The van der Waals surface area contributed by atoms with Crippen LogP contribution in [-0.4, -0.2) is 11.5 Å². The predicted octanol–water partition coefficient (Wildman–Crippen LogP) is 4.71. The summed E-state index contributed by atoms with van der Waals surface area (Å²) in [6.45, 7) is 3.33. The average Bonchev–Trinajstić information content (AvgIpc) is 3.06. The number of aromatic nitrogens is 1. The van der Waals surface area contributed by atoms with Gasteiger partial charge in [0.2, 0.25) is 0 Å². The van der Waals surface area contributed by atoms with Gasteiger partial charge < -0.3 is 5.32 Å². The van der Waals surface area contributed by atoms with Gasteiger partial charge in [0.05, 0.1) is 0 Å². The van der Waals surface area contributed by atoms with E-state index < -0.39 is 0 Å². The predicted molar refractivity (Wildman–Crippen MR) is 86.5 cm³/mol. The van der Waals surface area contributed by atoms with Gasteiger partial charge in [0.25, 0.3) is 0 Å². The zero-order valence-corrected chi connectivity index (χ0v) is 13.9. The minimum Gasteiger partial charge on any atom is -0.310 e. The van der Waals surface area contributed by atoms with E-state index in [4.69, 9.17) is 0 Å². The molecule has 2 saturated carbocycles. The van der Waals surface area contributed by atoms with Crippen LogP contribution in [0.3, 0.4) is 0 Å². The van der Waals surface area contributed by atoms with Gasteiger partial charge in [-0.15, -0.1) is 0 Å². The van der Waals surface area contributed by atoms with E-state index in [1.165, 1.54) is 44.1 Å². The number of hydrogen-bond donors (Lipinski definition) is 1. The number of rotatable bonds is 6. The molecule has 4 atom stereocenters. The second kappa shape index (κ2) is 6.57. The molecule has 2 aliphatic rings. The van der Waals surface area contributed by atoms with Crippen LogP contribution in [0.15, 0.2) is 22.9 Å². The summed E-state index contributed by atoms with van der Waals surface area (Å²) < 4.78 is 1.09. The molecule has 2 aliphatic carbocycles. The fourth-order valence-corrected chi connectivity index (χ4v) is 4.63. The molecular formula is C17H25BrN2. The number of pyridine rings is 1. The summed E-state index contributed by atoms with van der Waals surface area (Å²) in [6, 6.07) is 2.71. The van der Waals surface area contributed by atoms with Crippen molar-refractivity contribution in [3.63, 3.8) is 0 Å². The van der Waals surface area contributed by atoms with Crippen molar-refractivity contribution < 1.29 is 0 Å². The molecule has 2 bridgehead atoms. The summed E-state index contributed by atoms with van der Waals surface area (Å²) in [7, 11) is 0. The minimum absolute atomic E-state index is 0.476. The van der Waals surface area contributed by atoms with Crippen LogP contribution >= 0.6 is 15.9 Å². The molecule has 2 nitrogen and oxygen atoms in total. The Kier molecular flexibility index (Phi) is 4.77. The van der Waals surface area contributed by atoms with Crippen LogP contribution in [0.1, 0.15) is 57.1 Å². The highest BCUT2D eigenvalue weighted by molar-refractivity contribution is 9.10. The van der Waals surface area contributed by atoms with Crippen LogP contribution < -0.4 is 5.32 Å². The topological polar surface area (TPSA) is 24.9 Å². The van der Waals surface area contributed by atoms with Crippen LogP contribution in [0.4, 0.5) is 0 Å². The van der Waals surface area contributed by atoms with E-state index >= 15 is 0 Å². The lowest BCUT2D eigenvalue weighted by atomic mass is 9.83. The molecule has 20 heavy (non-hydrogen) atoms. The lowest BCUT2D eigenvalue weighted by Gasteiger charge is -2.27. The highest BCUT2D eigenvalue weighted by Gasteiger charge is 2.40. The minimum atomic E-state index is 0.476. The number of nitrogens with one attached hydrogen (secondary N) is 1. The van der Waals surface area contributed by atoms with Crippen molar-refractivity contribution in [3.05, 3.63) is 28.5 Å². The summed E-state index contributed by atoms with van der Waals surface area (Å²) in [5.41, 5.74) is 1.34. The maximum absolute atomic E-state index is 4.35. The first-order chi connectivity index (χ1) is 9.76. The largest absolute Gasteiger partial charge is 0.310 e. The molecule has 0 aliphatic heterocycles. The Bertz CT molecular complexity index is 448. The zero-order chi connectivity index (χ0) is 13.9. The first kappa shape index (κ1) is 14.5. The van der Waals surface area contributed by atoms with E-state index in [0.717, 1.165) is 28.8 Å². The van der Waals surface area contributed by atoms with E-state index in [9.17, 15) is 0 Å². The van der Waals surface area contributed by atoms with Crippen molar-refractivity contribution in [1.29, 1.82) is 0 Å². The van der Waals surface area contributed by atoms with Crippen molar-refractivity contribution >= 4 is 15.9 Å². The monoisotopic (exact) mass is 336 g/mol. The fraction of sp³-hybridized carbons (Fsp3) is 0.706. The molecule has 0 saturated heterocycles. The number of hydrogen-bond acceptors (Lipinski definition) is 2. The first-order valence-corrected chi connectivity index (χ1v) is 8.89. The molecule has 0 radical (unpaired) electrons. The fourth-order valence-electron chi connectivity index (χ4n) is 4.24. The third-order valence-electron chi connectivity index (χ3n) is 5.19. The number of halogens is 1. The molecule has 3 rings (SSSR count). The number of fused-ring (bicyclic) bond motifs is 2. The van der Waals surface area contributed by atoms with Crippen molar-refractivity contribution in [2.24, 2.45) is 17.8 Å². The van der Waals surface area contributed by atoms with Gasteiger partial charge in [0.1, 0.15) is 0 Å². The third kappa shape index (κ3) is 3.25. The third-order valence-corrected chi connectivity index (χ3v) is 5.63. The smallest absolute Gasteiger partial charge is 0.0410 e. The van der Waals surface area contributed by atoms with Gasteiger partial charge in [-0.2, -0.15) is 0 Å². The molecule has 1 aromatic heterocycles. The highest BCUT2D eigenvalue weighted by Crippen LogP contribution is 2.50. The highest BCUT2D eigenvalue weighted by atomic mass is 79.9. The summed E-state index contributed by atoms with van der Waals surface area (Å²) in [4.78, 5) is 4.35. The molecule has 2 fully saturated rings. The summed E-state index contributed by atoms with van der Waals surface area (Å²) >= 11 is 3.55. The van der Waals surface area contributed by atoms with Crippen molar-refractivity contribution in [1.82, 2.24) is 10.3 Å². The van der Waals surface area contributed by atoms with Crippen LogP contribution in [0.25, 0.3) is 0 Å². The van der Waals surface area contributed by atoms with Gasteiger partial charge in [-0.05, 0) is 84.0 Å². The van der Waals surface area contributed by atoms with E-state index in [0.29, 0.717) is 6.04 Å². The molecule has 3 heteroatoms. The summed E-state index contributed by atoms with van der Waals surface area (Å²) in [5.74, 6) is 2.98. The van der Waals surface area contributed by atoms with Crippen molar-refractivity contribution in [2.75, 3.05) is 6.54 Å². The maximum Gasteiger partial charge on any atom is 0.0410 e. The van der Waals surface area contributed by atoms with Gasteiger partial charge in [-0.1, -0.05) is 13.3 Å². The second-order valence-corrected chi connectivity index (χ2v) is 7.53. The van der Waals surface area contributed by atoms with Gasteiger partial charge in [0.15, 0.2) is 0 Å². The van der Waals surface area contributed by atoms with Crippen LogP contribution in [0, 0.1) is 17.8 Å². The Hall–Kier alpha value is -0.410. The molecule has 4 unspecified atom stereocenters. The molecule has 0 spiro atoms. The Morgan fingerprint density at radius 2 is 2.25 bits per heavy atom. The normalized spacial score (nSPS) is 29.8. The van der Waals surface area contributed by atoms with E-state index in [-0.39, 0.29) is 0 Å².